The molecule has 0 aliphatic carbocycles. The zero-order valence-electron chi connectivity index (χ0n) is 15.1. The fourth-order valence-corrected chi connectivity index (χ4v) is 5.28. The summed E-state index contributed by atoms with van der Waals surface area (Å²) in [5.74, 6) is 0.848. The maximum atomic E-state index is 5.70. The summed E-state index contributed by atoms with van der Waals surface area (Å²) in [4.78, 5) is 5.82. The van der Waals surface area contributed by atoms with Gasteiger partial charge in [0.15, 0.2) is 0 Å². The van der Waals surface area contributed by atoms with Crippen LogP contribution in [0.3, 0.4) is 0 Å². The number of benzene rings is 2. The van der Waals surface area contributed by atoms with Gasteiger partial charge in [-0.05, 0) is 41.3 Å². The number of pyridine rings is 1. The van der Waals surface area contributed by atoms with Gasteiger partial charge in [-0.25, -0.2) is 4.98 Å². The molecule has 5 aromatic rings. The predicted molar refractivity (Wildman–Crippen MR) is 120 cm³/mol. The van der Waals surface area contributed by atoms with Gasteiger partial charge in [0.05, 0.1) is 11.7 Å². The molecular formula is C22H18N4S2. The van der Waals surface area contributed by atoms with Crippen LogP contribution in [0.5, 0.6) is 0 Å². The Morgan fingerprint density at radius 3 is 2.82 bits per heavy atom. The Morgan fingerprint density at radius 1 is 1.00 bits per heavy atom. The molecule has 6 heteroatoms. The summed E-state index contributed by atoms with van der Waals surface area (Å²) in [7, 11) is 0. The van der Waals surface area contributed by atoms with Crippen molar-refractivity contribution in [3.63, 3.8) is 0 Å². The average Bonchev–Trinajstić information content (AvgIpc) is 3.38. The van der Waals surface area contributed by atoms with E-state index in [0.717, 1.165) is 32.8 Å². The second-order valence-corrected chi connectivity index (χ2v) is 8.67. The Balaban J connectivity index is 1.70. The van der Waals surface area contributed by atoms with E-state index in [4.69, 9.17) is 5.73 Å². The van der Waals surface area contributed by atoms with Crippen molar-refractivity contribution >= 4 is 44.1 Å². The standard InChI is InChI=1S/C22H18N4S2/c23-7-9-27-22-17(5-3-8-24-22)15-10-16-13-25-26-21(16)18(11-15)20-12-14-4-1-2-6-19(14)28-20/h1-6,8,10-13H,7,9,23H2,(H,25,26). The van der Waals surface area contributed by atoms with E-state index in [1.165, 1.54) is 20.5 Å². The lowest BCUT2D eigenvalue weighted by Crippen LogP contribution is -2.01. The third-order valence-electron chi connectivity index (χ3n) is 4.68. The zero-order valence-corrected chi connectivity index (χ0v) is 16.7. The number of rotatable bonds is 5. The molecule has 0 radical (unpaired) electrons. The van der Waals surface area contributed by atoms with Crippen molar-refractivity contribution in [3.05, 3.63) is 67.0 Å². The number of hydrogen-bond donors (Lipinski definition) is 2. The van der Waals surface area contributed by atoms with Gasteiger partial charge < -0.3 is 5.73 Å². The zero-order chi connectivity index (χ0) is 18.9. The van der Waals surface area contributed by atoms with Crippen molar-refractivity contribution in [3.8, 4) is 21.6 Å². The molecule has 0 spiro atoms. The number of thioether (sulfide) groups is 1. The predicted octanol–water partition coefficient (Wildman–Crippen LogP) is 5.56. The van der Waals surface area contributed by atoms with E-state index in [1.807, 2.05) is 18.5 Å². The van der Waals surface area contributed by atoms with Gasteiger partial charge in [0.2, 0.25) is 0 Å². The number of thiophene rings is 1. The molecule has 0 fully saturated rings. The van der Waals surface area contributed by atoms with E-state index in [1.54, 1.807) is 23.1 Å². The summed E-state index contributed by atoms with van der Waals surface area (Å²) in [6.07, 6.45) is 3.73. The number of H-pyrrole nitrogens is 1. The van der Waals surface area contributed by atoms with E-state index in [9.17, 15) is 0 Å². The van der Waals surface area contributed by atoms with Gasteiger partial charge in [-0.3, -0.25) is 5.10 Å². The van der Waals surface area contributed by atoms with Crippen LogP contribution >= 0.6 is 23.1 Å². The van der Waals surface area contributed by atoms with E-state index >= 15 is 0 Å². The SMILES string of the molecule is NCCSc1ncccc1-c1cc(-c2cc3ccccc3s2)c2[nH]ncc2c1. The van der Waals surface area contributed by atoms with E-state index < -0.39 is 0 Å². The Bertz CT molecular complexity index is 1240. The summed E-state index contributed by atoms with van der Waals surface area (Å²) in [6, 6.07) is 19.3. The van der Waals surface area contributed by atoms with Crippen LogP contribution in [0.2, 0.25) is 0 Å². The van der Waals surface area contributed by atoms with Gasteiger partial charge in [-0.1, -0.05) is 24.3 Å². The lowest BCUT2D eigenvalue weighted by Gasteiger charge is -2.10. The molecule has 2 aromatic carbocycles. The van der Waals surface area contributed by atoms with Crippen LogP contribution in [0, 0.1) is 0 Å². The molecule has 0 saturated carbocycles. The van der Waals surface area contributed by atoms with Crippen LogP contribution in [0.25, 0.3) is 42.6 Å². The second-order valence-electron chi connectivity index (χ2n) is 6.50. The Labute approximate surface area is 170 Å². The molecule has 28 heavy (non-hydrogen) atoms. The molecule has 0 amide bonds. The fraction of sp³-hybridized carbons (Fsp3) is 0.0909. The quantitative estimate of drug-likeness (QED) is 0.378. The van der Waals surface area contributed by atoms with Crippen molar-refractivity contribution in [2.75, 3.05) is 12.3 Å². The van der Waals surface area contributed by atoms with Gasteiger partial charge in [-0.15, -0.1) is 23.1 Å². The molecule has 3 N–H and O–H groups in total. The number of nitrogens with zero attached hydrogens (tertiary/aromatic N) is 2. The highest BCUT2D eigenvalue weighted by molar-refractivity contribution is 7.99. The minimum absolute atomic E-state index is 0.633. The number of hydrogen-bond acceptors (Lipinski definition) is 5. The van der Waals surface area contributed by atoms with Gasteiger partial charge in [0.25, 0.3) is 0 Å². The van der Waals surface area contributed by atoms with Crippen molar-refractivity contribution in [2.24, 2.45) is 5.73 Å². The maximum Gasteiger partial charge on any atom is 0.104 e. The number of aromatic nitrogens is 3. The molecule has 5 rings (SSSR count). The van der Waals surface area contributed by atoms with Gasteiger partial charge in [0, 0.05) is 44.6 Å². The van der Waals surface area contributed by atoms with Crippen molar-refractivity contribution < 1.29 is 0 Å². The third kappa shape index (κ3) is 3.09. The normalized spacial score (nSPS) is 11.5. The Hall–Kier alpha value is -2.67. The smallest absolute Gasteiger partial charge is 0.104 e. The highest BCUT2D eigenvalue weighted by Crippen LogP contribution is 2.40. The van der Waals surface area contributed by atoms with Crippen molar-refractivity contribution in [2.45, 2.75) is 5.03 Å². The van der Waals surface area contributed by atoms with Crippen LogP contribution in [-0.4, -0.2) is 27.5 Å². The largest absolute Gasteiger partial charge is 0.330 e. The molecule has 3 heterocycles. The highest BCUT2D eigenvalue weighted by Gasteiger charge is 2.14. The monoisotopic (exact) mass is 402 g/mol. The highest BCUT2D eigenvalue weighted by atomic mass is 32.2. The summed E-state index contributed by atoms with van der Waals surface area (Å²) < 4.78 is 1.29. The third-order valence-corrected chi connectivity index (χ3v) is 6.87. The molecule has 0 bridgehead atoms. The van der Waals surface area contributed by atoms with Gasteiger partial charge in [-0.2, -0.15) is 5.10 Å². The van der Waals surface area contributed by atoms with Crippen molar-refractivity contribution in [1.82, 2.24) is 15.2 Å². The topological polar surface area (TPSA) is 67.6 Å². The minimum Gasteiger partial charge on any atom is -0.330 e. The van der Waals surface area contributed by atoms with E-state index in [0.29, 0.717) is 6.54 Å². The molecule has 0 aliphatic heterocycles. The summed E-state index contributed by atoms with van der Waals surface area (Å²) in [5, 5.41) is 10.8. The first-order valence-corrected chi connectivity index (χ1v) is 10.9. The summed E-state index contributed by atoms with van der Waals surface area (Å²) in [5.41, 5.74) is 10.2. The number of fused-ring (bicyclic) bond motifs is 2. The molecular weight excluding hydrogens is 384 g/mol. The average molecular weight is 403 g/mol. The fourth-order valence-electron chi connectivity index (χ4n) is 3.40. The molecule has 0 atom stereocenters. The lowest BCUT2D eigenvalue weighted by atomic mass is 10.0. The molecule has 0 saturated heterocycles. The Morgan fingerprint density at radius 2 is 1.93 bits per heavy atom. The number of aromatic amines is 1. The van der Waals surface area contributed by atoms with Crippen LogP contribution in [0.4, 0.5) is 0 Å². The lowest BCUT2D eigenvalue weighted by molar-refractivity contribution is 1.11. The molecule has 3 aromatic heterocycles. The summed E-state index contributed by atoms with van der Waals surface area (Å²) in [6.45, 7) is 0.633. The Kier molecular flexibility index (Phi) is 4.60. The van der Waals surface area contributed by atoms with Crippen LogP contribution in [0.1, 0.15) is 0 Å². The van der Waals surface area contributed by atoms with E-state index in [-0.39, 0.29) is 0 Å². The molecule has 0 aliphatic rings. The summed E-state index contributed by atoms with van der Waals surface area (Å²) >= 11 is 3.50. The molecule has 138 valence electrons. The minimum atomic E-state index is 0.633. The number of nitrogens with two attached hydrogens (primary N) is 1. The second kappa shape index (κ2) is 7.39. The van der Waals surface area contributed by atoms with Crippen LogP contribution < -0.4 is 5.73 Å². The first-order chi connectivity index (χ1) is 13.8. The van der Waals surface area contributed by atoms with Gasteiger partial charge >= 0.3 is 0 Å². The van der Waals surface area contributed by atoms with Crippen LogP contribution in [-0.2, 0) is 0 Å². The first kappa shape index (κ1) is 17.4. The van der Waals surface area contributed by atoms with Crippen molar-refractivity contribution in [1.29, 1.82) is 0 Å². The van der Waals surface area contributed by atoms with Gasteiger partial charge in [0.1, 0.15) is 5.03 Å². The first-order valence-electron chi connectivity index (χ1n) is 9.08. The van der Waals surface area contributed by atoms with E-state index in [2.05, 4.69) is 63.7 Å². The maximum absolute atomic E-state index is 5.70. The molecule has 4 nitrogen and oxygen atoms in total. The molecule has 0 unspecified atom stereocenters. The van der Waals surface area contributed by atoms with Crippen LogP contribution in [0.15, 0.2) is 72.0 Å². The number of nitrogens with one attached hydrogen (secondary N) is 1.